The minimum absolute atomic E-state index is 0.0159. The van der Waals surface area contributed by atoms with E-state index in [1.807, 2.05) is 11.4 Å². The largest absolute Gasteiger partial charge is 0.367 e. The Bertz CT molecular complexity index is 645. The molecule has 2 aromatic heterocycles. The Morgan fingerprint density at radius 1 is 1.14 bits per heavy atom. The number of halogens is 1. The fourth-order valence-corrected chi connectivity index (χ4v) is 3.73. The number of H-pyrrole nitrogens is 1. The maximum atomic E-state index is 12.3. The number of thiophene rings is 1. The SMILES string of the molecule is O=C(c1cc[nH]c1)N1CCN(C(=O)c2cc(Br)cs2)CC1. The lowest BCUT2D eigenvalue weighted by Crippen LogP contribution is -2.50. The molecule has 1 fully saturated rings. The standard InChI is InChI=1S/C14H14BrN3O2S/c15-11-7-12(21-9-11)14(20)18-5-3-17(4-6-18)13(19)10-1-2-16-8-10/h1-2,7-9,16H,3-6H2. The van der Waals surface area contributed by atoms with E-state index in [-0.39, 0.29) is 11.8 Å². The van der Waals surface area contributed by atoms with Gasteiger partial charge in [0.2, 0.25) is 0 Å². The molecule has 21 heavy (non-hydrogen) atoms. The molecule has 2 amide bonds. The lowest BCUT2D eigenvalue weighted by atomic mass is 10.2. The molecule has 1 aliphatic rings. The fourth-order valence-electron chi connectivity index (χ4n) is 2.33. The predicted octanol–water partition coefficient (Wildman–Crippen LogP) is 2.44. The third-order valence-electron chi connectivity index (χ3n) is 3.48. The van der Waals surface area contributed by atoms with Crippen LogP contribution >= 0.6 is 27.3 Å². The van der Waals surface area contributed by atoms with Crippen molar-refractivity contribution in [3.63, 3.8) is 0 Å². The van der Waals surface area contributed by atoms with Crippen LogP contribution in [0, 0.1) is 0 Å². The molecule has 0 radical (unpaired) electrons. The average molecular weight is 368 g/mol. The molecule has 0 unspecified atom stereocenters. The third kappa shape index (κ3) is 3.03. The van der Waals surface area contributed by atoms with Crippen LogP contribution in [0.5, 0.6) is 0 Å². The topological polar surface area (TPSA) is 56.4 Å². The van der Waals surface area contributed by atoms with Gasteiger partial charge >= 0.3 is 0 Å². The van der Waals surface area contributed by atoms with E-state index >= 15 is 0 Å². The number of aromatic amines is 1. The Morgan fingerprint density at radius 2 is 1.81 bits per heavy atom. The number of aromatic nitrogens is 1. The van der Waals surface area contributed by atoms with Gasteiger partial charge < -0.3 is 14.8 Å². The van der Waals surface area contributed by atoms with Crippen LogP contribution < -0.4 is 0 Å². The summed E-state index contributed by atoms with van der Waals surface area (Å²) in [4.78, 5) is 31.7. The van der Waals surface area contributed by atoms with Crippen LogP contribution in [-0.4, -0.2) is 52.8 Å². The normalized spacial score (nSPS) is 15.3. The Morgan fingerprint density at radius 3 is 2.33 bits per heavy atom. The van der Waals surface area contributed by atoms with Gasteiger partial charge in [0.15, 0.2) is 0 Å². The van der Waals surface area contributed by atoms with E-state index in [9.17, 15) is 9.59 Å². The molecule has 2 aromatic rings. The molecule has 3 rings (SSSR count). The van der Waals surface area contributed by atoms with Gasteiger partial charge in [0, 0.05) is 48.4 Å². The third-order valence-corrected chi connectivity index (χ3v) is 5.16. The van der Waals surface area contributed by atoms with Crippen LogP contribution in [0.15, 0.2) is 34.4 Å². The zero-order valence-corrected chi connectivity index (χ0v) is 13.6. The van der Waals surface area contributed by atoms with Crippen molar-refractivity contribution in [1.29, 1.82) is 0 Å². The van der Waals surface area contributed by atoms with Crippen LogP contribution in [0.25, 0.3) is 0 Å². The molecule has 0 atom stereocenters. The van der Waals surface area contributed by atoms with E-state index in [0.717, 1.165) is 9.35 Å². The predicted molar refractivity (Wildman–Crippen MR) is 84.6 cm³/mol. The van der Waals surface area contributed by atoms with Gasteiger partial charge in [-0.1, -0.05) is 0 Å². The highest BCUT2D eigenvalue weighted by Crippen LogP contribution is 2.22. The fraction of sp³-hybridized carbons (Fsp3) is 0.286. The summed E-state index contributed by atoms with van der Waals surface area (Å²) in [5.74, 6) is 0.0571. The van der Waals surface area contributed by atoms with E-state index < -0.39 is 0 Å². The number of nitrogens with one attached hydrogen (secondary N) is 1. The Hall–Kier alpha value is -1.60. The molecular weight excluding hydrogens is 354 g/mol. The quantitative estimate of drug-likeness (QED) is 0.885. The van der Waals surface area contributed by atoms with E-state index in [2.05, 4.69) is 20.9 Å². The first-order chi connectivity index (χ1) is 10.1. The van der Waals surface area contributed by atoms with Crippen molar-refractivity contribution in [2.24, 2.45) is 0 Å². The zero-order chi connectivity index (χ0) is 14.8. The molecule has 1 aliphatic heterocycles. The van der Waals surface area contributed by atoms with E-state index in [1.165, 1.54) is 11.3 Å². The van der Waals surface area contributed by atoms with Gasteiger partial charge in [-0.25, -0.2) is 0 Å². The second-order valence-electron chi connectivity index (χ2n) is 4.81. The number of piperazine rings is 1. The molecule has 1 saturated heterocycles. The summed E-state index contributed by atoms with van der Waals surface area (Å²) < 4.78 is 0.928. The summed E-state index contributed by atoms with van der Waals surface area (Å²) in [5, 5.41) is 1.90. The summed E-state index contributed by atoms with van der Waals surface area (Å²) in [5.41, 5.74) is 0.664. The van der Waals surface area contributed by atoms with E-state index in [1.54, 1.807) is 28.3 Å². The first-order valence-corrected chi connectivity index (χ1v) is 8.28. The van der Waals surface area contributed by atoms with Crippen LogP contribution in [0.3, 0.4) is 0 Å². The van der Waals surface area contributed by atoms with Crippen molar-refractivity contribution >= 4 is 39.1 Å². The molecular formula is C14H14BrN3O2S. The van der Waals surface area contributed by atoms with Gasteiger partial charge in [0.05, 0.1) is 10.4 Å². The molecule has 5 nitrogen and oxygen atoms in total. The van der Waals surface area contributed by atoms with Crippen LogP contribution in [0.1, 0.15) is 20.0 Å². The van der Waals surface area contributed by atoms with Gasteiger partial charge in [-0.2, -0.15) is 0 Å². The van der Waals surface area contributed by atoms with Crippen molar-refractivity contribution in [3.8, 4) is 0 Å². The van der Waals surface area contributed by atoms with Crippen molar-refractivity contribution in [2.45, 2.75) is 0 Å². The van der Waals surface area contributed by atoms with Crippen molar-refractivity contribution in [2.75, 3.05) is 26.2 Å². The van der Waals surface area contributed by atoms with Crippen molar-refractivity contribution in [1.82, 2.24) is 14.8 Å². The maximum absolute atomic E-state index is 12.3. The minimum Gasteiger partial charge on any atom is -0.367 e. The molecule has 110 valence electrons. The first kappa shape index (κ1) is 14.3. The van der Waals surface area contributed by atoms with Gasteiger partial charge in [-0.15, -0.1) is 11.3 Å². The smallest absolute Gasteiger partial charge is 0.264 e. The number of carbonyl (C=O) groups excluding carboxylic acids is 2. The maximum Gasteiger partial charge on any atom is 0.264 e. The van der Waals surface area contributed by atoms with Gasteiger partial charge in [-0.3, -0.25) is 9.59 Å². The van der Waals surface area contributed by atoms with Gasteiger partial charge in [-0.05, 0) is 28.1 Å². The zero-order valence-electron chi connectivity index (χ0n) is 11.2. The summed E-state index contributed by atoms with van der Waals surface area (Å²) >= 11 is 4.79. The number of carbonyl (C=O) groups is 2. The van der Waals surface area contributed by atoms with Crippen LogP contribution in [-0.2, 0) is 0 Å². The highest BCUT2D eigenvalue weighted by molar-refractivity contribution is 9.10. The van der Waals surface area contributed by atoms with Gasteiger partial charge in [0.25, 0.3) is 11.8 Å². The number of rotatable bonds is 2. The van der Waals surface area contributed by atoms with Crippen molar-refractivity contribution in [3.05, 3.63) is 44.8 Å². The van der Waals surface area contributed by atoms with Crippen molar-refractivity contribution < 1.29 is 9.59 Å². The molecule has 0 spiro atoms. The lowest BCUT2D eigenvalue weighted by Gasteiger charge is -2.34. The molecule has 1 N–H and O–H groups in total. The molecule has 7 heteroatoms. The second kappa shape index (κ2) is 6.03. The summed E-state index contributed by atoms with van der Waals surface area (Å²) in [7, 11) is 0. The van der Waals surface area contributed by atoms with E-state index in [0.29, 0.717) is 31.7 Å². The Balaban J connectivity index is 1.60. The molecule has 0 aliphatic carbocycles. The highest BCUT2D eigenvalue weighted by Gasteiger charge is 2.26. The minimum atomic E-state index is 0.0159. The summed E-state index contributed by atoms with van der Waals surface area (Å²) in [6, 6.07) is 3.60. The Kier molecular flexibility index (Phi) is 4.12. The number of amides is 2. The van der Waals surface area contributed by atoms with Crippen LogP contribution in [0.4, 0.5) is 0 Å². The summed E-state index contributed by atoms with van der Waals surface area (Å²) in [6.07, 6.45) is 3.44. The number of hydrogen-bond acceptors (Lipinski definition) is 3. The Labute approximate surface area is 134 Å². The highest BCUT2D eigenvalue weighted by atomic mass is 79.9. The van der Waals surface area contributed by atoms with E-state index in [4.69, 9.17) is 0 Å². The summed E-state index contributed by atoms with van der Waals surface area (Å²) in [6.45, 7) is 2.29. The number of nitrogens with zero attached hydrogens (tertiary/aromatic N) is 2. The molecule has 0 aromatic carbocycles. The average Bonchev–Trinajstić information content (AvgIpc) is 3.17. The molecule has 0 bridgehead atoms. The van der Waals surface area contributed by atoms with Crippen LogP contribution in [0.2, 0.25) is 0 Å². The lowest BCUT2D eigenvalue weighted by molar-refractivity contribution is 0.0538. The first-order valence-electron chi connectivity index (χ1n) is 6.60. The molecule has 3 heterocycles. The van der Waals surface area contributed by atoms with Gasteiger partial charge in [0.1, 0.15) is 0 Å². The number of hydrogen-bond donors (Lipinski definition) is 1. The monoisotopic (exact) mass is 367 g/mol. The molecule has 0 saturated carbocycles. The second-order valence-corrected chi connectivity index (χ2v) is 6.64.